The molecule has 2 saturated heterocycles. The maximum absolute atomic E-state index is 13.5. The van der Waals surface area contributed by atoms with Crippen LogP contribution in [0, 0.1) is 12.3 Å². The van der Waals surface area contributed by atoms with Crippen LogP contribution >= 0.6 is 0 Å². The van der Waals surface area contributed by atoms with Crippen LogP contribution in [0.25, 0.3) is 16.9 Å². The summed E-state index contributed by atoms with van der Waals surface area (Å²) in [6.07, 6.45) is 0.00190. The van der Waals surface area contributed by atoms with E-state index in [-0.39, 0.29) is 17.2 Å². The molecule has 15 heteroatoms. The second kappa shape index (κ2) is 11.1. The number of fused-ring (bicyclic) bond motifs is 1. The molecule has 0 unspecified atom stereocenters. The fourth-order valence-corrected chi connectivity index (χ4v) is 6.59. The van der Waals surface area contributed by atoms with Crippen molar-refractivity contribution in [3.63, 3.8) is 0 Å². The van der Waals surface area contributed by atoms with Crippen LogP contribution in [0.5, 0.6) is 0 Å². The molecule has 4 aromatic rings. The lowest BCUT2D eigenvalue weighted by Gasteiger charge is -2.49. The van der Waals surface area contributed by atoms with Crippen molar-refractivity contribution in [1.29, 1.82) is 0 Å². The van der Waals surface area contributed by atoms with Gasteiger partial charge in [0.1, 0.15) is 0 Å². The number of carbonyl (C=O) groups is 1. The fraction of sp³-hybridized carbons (Fsp3) is 0.467. The minimum absolute atomic E-state index is 0.149. The molecule has 1 aliphatic carbocycles. The first-order valence-corrected chi connectivity index (χ1v) is 14.6. The van der Waals surface area contributed by atoms with Crippen molar-refractivity contribution in [1.82, 2.24) is 24.7 Å². The molecule has 5 heterocycles. The van der Waals surface area contributed by atoms with Crippen molar-refractivity contribution >= 4 is 22.8 Å². The van der Waals surface area contributed by atoms with E-state index in [1.807, 2.05) is 25.1 Å². The van der Waals surface area contributed by atoms with Gasteiger partial charge in [-0.1, -0.05) is 17.3 Å². The third-order valence-electron chi connectivity index (χ3n) is 9.01. The van der Waals surface area contributed by atoms with Gasteiger partial charge in [0.15, 0.2) is 0 Å². The standard InChI is InChI=1S/C30H30F5N7O3/c1-17-2-3-18(25-38-27(45-39-25)19-8-21(9-19)44-28(31)32)10-23(17)37-26(43)22-12-36-42-6-4-20(11-24(22)42)41-14-29(15-41)5-7-40(13-29)16-30(33,34)35/h2-4,6,10-12,19,21,28H,5,7-9,13-16H2,1H3,(H,37,43). The third kappa shape index (κ3) is 5.98. The largest absolute Gasteiger partial charge is 0.401 e. The van der Waals surface area contributed by atoms with Crippen molar-refractivity contribution in [2.24, 2.45) is 5.41 Å². The minimum Gasteiger partial charge on any atom is -0.370 e. The van der Waals surface area contributed by atoms with E-state index in [2.05, 4.69) is 30.2 Å². The number of pyridine rings is 1. The molecule has 1 amide bonds. The second-order valence-electron chi connectivity index (χ2n) is 12.3. The Balaban J connectivity index is 1.02. The quantitative estimate of drug-likeness (QED) is 0.255. The summed E-state index contributed by atoms with van der Waals surface area (Å²) >= 11 is 0. The molecule has 0 radical (unpaired) electrons. The Hall–Kier alpha value is -4.11. The second-order valence-corrected chi connectivity index (χ2v) is 12.3. The van der Waals surface area contributed by atoms with Crippen molar-refractivity contribution < 1.29 is 36.0 Å². The topological polar surface area (TPSA) is 101 Å². The van der Waals surface area contributed by atoms with E-state index in [9.17, 15) is 26.7 Å². The van der Waals surface area contributed by atoms with Crippen LogP contribution in [0.3, 0.4) is 0 Å². The van der Waals surface area contributed by atoms with E-state index in [1.165, 1.54) is 11.1 Å². The molecule has 7 rings (SSSR count). The summed E-state index contributed by atoms with van der Waals surface area (Å²) in [6.45, 7) is 0.331. The minimum atomic E-state index is -4.20. The average molecular weight is 632 g/mol. The number of alkyl halides is 5. The number of rotatable bonds is 8. The lowest BCUT2D eigenvalue weighted by Crippen LogP contribution is -2.58. The molecular weight excluding hydrogens is 601 g/mol. The maximum Gasteiger partial charge on any atom is 0.401 e. The normalized spacial score (nSPS) is 21.4. The zero-order valence-corrected chi connectivity index (χ0v) is 24.2. The van der Waals surface area contributed by atoms with Gasteiger partial charge in [-0.15, -0.1) is 0 Å². The molecule has 238 valence electrons. The highest BCUT2D eigenvalue weighted by Gasteiger charge is 2.49. The summed E-state index contributed by atoms with van der Waals surface area (Å²) < 4.78 is 74.9. The predicted molar refractivity (Wildman–Crippen MR) is 152 cm³/mol. The number of likely N-dealkylation sites (tertiary alicyclic amines) is 1. The van der Waals surface area contributed by atoms with Crippen LogP contribution in [-0.2, 0) is 4.74 Å². The zero-order chi connectivity index (χ0) is 31.5. The van der Waals surface area contributed by atoms with Gasteiger partial charge in [0, 0.05) is 54.1 Å². The van der Waals surface area contributed by atoms with Crippen molar-refractivity contribution in [2.45, 2.75) is 51.0 Å². The number of aromatic nitrogens is 4. The monoisotopic (exact) mass is 631 g/mol. The van der Waals surface area contributed by atoms with Gasteiger partial charge in [0.05, 0.1) is 29.9 Å². The van der Waals surface area contributed by atoms with Gasteiger partial charge in [0.2, 0.25) is 11.7 Å². The van der Waals surface area contributed by atoms with E-state index in [4.69, 9.17) is 4.52 Å². The van der Waals surface area contributed by atoms with Gasteiger partial charge in [-0.2, -0.15) is 32.0 Å². The number of hydrogen-bond donors (Lipinski definition) is 1. The van der Waals surface area contributed by atoms with Crippen molar-refractivity contribution in [3.8, 4) is 11.4 Å². The number of amides is 1. The van der Waals surface area contributed by atoms with Crippen LogP contribution in [0.4, 0.5) is 33.3 Å². The van der Waals surface area contributed by atoms with E-state index >= 15 is 0 Å². The van der Waals surface area contributed by atoms with Crippen LogP contribution in [-0.4, -0.2) is 82.2 Å². The Bertz CT molecular complexity index is 1730. The summed E-state index contributed by atoms with van der Waals surface area (Å²) in [4.78, 5) is 21.5. The van der Waals surface area contributed by atoms with Gasteiger partial charge >= 0.3 is 12.8 Å². The first-order chi connectivity index (χ1) is 21.4. The van der Waals surface area contributed by atoms with Crippen LogP contribution in [0.15, 0.2) is 47.2 Å². The molecule has 3 aromatic heterocycles. The van der Waals surface area contributed by atoms with Crippen LogP contribution in [0.2, 0.25) is 0 Å². The molecule has 1 saturated carbocycles. The van der Waals surface area contributed by atoms with Crippen LogP contribution in [0.1, 0.15) is 47.0 Å². The molecule has 0 atom stereocenters. The SMILES string of the molecule is Cc1ccc(-c2noc(C3CC(OC(F)F)C3)n2)cc1NC(=O)c1cnn2ccc(N3CC4(CCN(CC(F)(F)F)C4)C3)cc12. The smallest absolute Gasteiger partial charge is 0.370 e. The number of ether oxygens (including phenoxy) is 1. The molecule has 3 aliphatic rings. The van der Waals surface area contributed by atoms with Gasteiger partial charge < -0.3 is 19.5 Å². The number of halogens is 5. The number of benzene rings is 1. The van der Waals surface area contributed by atoms with Crippen molar-refractivity contribution in [2.75, 3.05) is 42.9 Å². The Kier molecular flexibility index (Phi) is 7.27. The number of hydrogen-bond acceptors (Lipinski definition) is 8. The van der Waals surface area contributed by atoms with E-state index in [1.54, 1.807) is 22.8 Å². The number of anilines is 2. The van der Waals surface area contributed by atoms with E-state index in [0.717, 1.165) is 17.7 Å². The number of nitrogens with zero attached hydrogens (tertiary/aromatic N) is 6. The summed E-state index contributed by atoms with van der Waals surface area (Å²) in [5.74, 6) is 0.154. The Labute approximate surface area is 254 Å². The molecule has 45 heavy (non-hydrogen) atoms. The highest BCUT2D eigenvalue weighted by molar-refractivity contribution is 6.09. The molecule has 1 N–H and O–H groups in total. The summed E-state index contributed by atoms with van der Waals surface area (Å²) in [7, 11) is 0. The van der Waals surface area contributed by atoms with Crippen molar-refractivity contribution in [3.05, 3.63) is 59.7 Å². The fourth-order valence-electron chi connectivity index (χ4n) is 6.59. The number of carbonyl (C=O) groups excluding carboxylic acids is 1. The molecule has 1 aromatic carbocycles. The lowest BCUT2D eigenvalue weighted by molar-refractivity contribution is -0.185. The van der Waals surface area contributed by atoms with Gasteiger partial charge in [0.25, 0.3) is 5.91 Å². The zero-order valence-electron chi connectivity index (χ0n) is 24.2. The molecule has 2 aliphatic heterocycles. The van der Waals surface area contributed by atoms with Gasteiger partial charge in [-0.3, -0.25) is 9.69 Å². The Morgan fingerprint density at radius 3 is 2.73 bits per heavy atom. The Morgan fingerprint density at radius 1 is 1.18 bits per heavy atom. The predicted octanol–water partition coefficient (Wildman–Crippen LogP) is 5.50. The van der Waals surface area contributed by atoms with Gasteiger partial charge in [-0.25, -0.2) is 4.52 Å². The first-order valence-electron chi connectivity index (χ1n) is 14.6. The summed E-state index contributed by atoms with van der Waals surface area (Å²) in [6, 6.07) is 9.13. The lowest BCUT2D eigenvalue weighted by atomic mass is 9.79. The van der Waals surface area contributed by atoms with E-state index < -0.39 is 25.4 Å². The molecule has 0 bridgehead atoms. The molecule has 3 fully saturated rings. The van der Waals surface area contributed by atoms with Gasteiger partial charge in [-0.05, 0) is 56.5 Å². The molecular formula is C30H30F5N7O3. The number of nitrogens with one attached hydrogen (secondary N) is 1. The third-order valence-corrected chi connectivity index (χ3v) is 9.01. The first kappa shape index (κ1) is 29.6. The Morgan fingerprint density at radius 2 is 1.98 bits per heavy atom. The molecule has 1 spiro atoms. The summed E-state index contributed by atoms with van der Waals surface area (Å²) in [5.41, 5.74) is 3.65. The number of aryl methyl sites for hydroxylation is 1. The van der Waals surface area contributed by atoms with E-state index in [0.29, 0.717) is 73.1 Å². The molecule has 10 nitrogen and oxygen atoms in total. The van der Waals surface area contributed by atoms with Crippen LogP contribution < -0.4 is 10.2 Å². The highest BCUT2D eigenvalue weighted by atomic mass is 19.4. The highest BCUT2D eigenvalue weighted by Crippen LogP contribution is 2.43. The maximum atomic E-state index is 13.5. The summed E-state index contributed by atoms with van der Waals surface area (Å²) in [5, 5.41) is 11.3. The average Bonchev–Trinajstić information content (AvgIpc) is 3.68.